The highest BCUT2D eigenvalue weighted by atomic mass is 16.3. The first-order chi connectivity index (χ1) is 5.95. The van der Waals surface area contributed by atoms with E-state index in [1.54, 1.807) is 0 Å². The number of benzene rings is 1. The predicted molar refractivity (Wildman–Crippen MR) is 55.8 cm³/mol. The van der Waals surface area contributed by atoms with E-state index < -0.39 is 0 Å². The van der Waals surface area contributed by atoms with Crippen LogP contribution < -0.4 is 0 Å². The van der Waals surface area contributed by atoms with E-state index in [0.717, 1.165) is 5.56 Å². The van der Waals surface area contributed by atoms with Gasteiger partial charge in [-0.15, -0.1) is 0 Å². The van der Waals surface area contributed by atoms with Gasteiger partial charge >= 0.3 is 0 Å². The Bertz CT molecular complexity index is 294. The number of hydrogen-bond acceptors (Lipinski definition) is 1. The molecule has 1 nitrogen and oxygen atoms in total. The Kier molecular flexibility index (Phi) is 2.77. The first-order valence-electron chi connectivity index (χ1n) is 4.66. The second-order valence-corrected chi connectivity index (χ2v) is 4.57. The molecule has 0 bridgehead atoms. The lowest BCUT2D eigenvalue weighted by atomic mass is 9.83. The van der Waals surface area contributed by atoms with E-state index in [0.29, 0.717) is 0 Å². The van der Waals surface area contributed by atoms with Crippen LogP contribution in [0, 0.1) is 6.92 Å². The zero-order valence-corrected chi connectivity index (χ0v) is 8.89. The number of aryl methyl sites for hydroxylation is 1. The molecule has 0 fully saturated rings. The molecular formula is C12H18O. The summed E-state index contributed by atoms with van der Waals surface area (Å²) < 4.78 is 0. The average molecular weight is 178 g/mol. The van der Waals surface area contributed by atoms with Crippen LogP contribution in [0.25, 0.3) is 0 Å². The molecule has 0 saturated carbocycles. The van der Waals surface area contributed by atoms with E-state index in [4.69, 9.17) is 0 Å². The van der Waals surface area contributed by atoms with Gasteiger partial charge in [-0.2, -0.15) is 0 Å². The van der Waals surface area contributed by atoms with Gasteiger partial charge < -0.3 is 5.11 Å². The van der Waals surface area contributed by atoms with Crippen molar-refractivity contribution in [3.05, 3.63) is 34.9 Å². The zero-order valence-electron chi connectivity index (χ0n) is 8.89. The highest BCUT2D eigenvalue weighted by molar-refractivity contribution is 5.35. The lowest BCUT2D eigenvalue weighted by Gasteiger charge is -2.22. The van der Waals surface area contributed by atoms with E-state index in [2.05, 4.69) is 33.8 Å². The number of aliphatic hydroxyl groups is 1. The van der Waals surface area contributed by atoms with Gasteiger partial charge in [-0.1, -0.05) is 44.5 Å². The summed E-state index contributed by atoms with van der Waals surface area (Å²) in [6.07, 6.45) is 0. The summed E-state index contributed by atoms with van der Waals surface area (Å²) in [7, 11) is 0. The van der Waals surface area contributed by atoms with Gasteiger partial charge in [0.1, 0.15) is 0 Å². The van der Waals surface area contributed by atoms with Crippen molar-refractivity contribution in [1.82, 2.24) is 0 Å². The summed E-state index contributed by atoms with van der Waals surface area (Å²) in [6.45, 7) is 8.71. The monoisotopic (exact) mass is 178 g/mol. The molecule has 1 aromatic rings. The van der Waals surface area contributed by atoms with Gasteiger partial charge in [0.2, 0.25) is 0 Å². The van der Waals surface area contributed by atoms with E-state index >= 15 is 0 Å². The molecule has 0 aliphatic carbocycles. The number of aliphatic hydroxyl groups excluding tert-OH is 1. The molecule has 0 aliphatic rings. The lowest BCUT2D eigenvalue weighted by molar-refractivity contribution is 0.278. The molecule has 0 amide bonds. The lowest BCUT2D eigenvalue weighted by Crippen LogP contribution is -2.14. The molecule has 1 N–H and O–H groups in total. The molecule has 0 spiro atoms. The standard InChI is InChI=1S/C12H18O/c1-9-5-6-10(8-13)11(7-9)12(2,3)4/h5-7,13H,8H2,1-4H3. The molecule has 0 aliphatic heterocycles. The molecule has 0 atom stereocenters. The Balaban J connectivity index is 3.24. The van der Waals surface area contributed by atoms with Gasteiger partial charge in [-0.05, 0) is 23.5 Å². The maximum atomic E-state index is 9.17. The third-order valence-corrected chi connectivity index (χ3v) is 2.24. The Morgan fingerprint density at radius 1 is 1.23 bits per heavy atom. The highest BCUT2D eigenvalue weighted by Gasteiger charge is 2.17. The van der Waals surface area contributed by atoms with Crippen LogP contribution in [0.4, 0.5) is 0 Å². The number of rotatable bonds is 1. The van der Waals surface area contributed by atoms with Crippen LogP contribution in [0.3, 0.4) is 0 Å². The van der Waals surface area contributed by atoms with Gasteiger partial charge in [0.05, 0.1) is 6.61 Å². The molecular weight excluding hydrogens is 160 g/mol. The third kappa shape index (κ3) is 2.31. The fourth-order valence-corrected chi connectivity index (χ4v) is 1.53. The largest absolute Gasteiger partial charge is 0.392 e. The van der Waals surface area contributed by atoms with Crippen LogP contribution >= 0.6 is 0 Å². The smallest absolute Gasteiger partial charge is 0.0684 e. The minimum Gasteiger partial charge on any atom is -0.392 e. The SMILES string of the molecule is Cc1ccc(CO)c(C(C)(C)C)c1. The van der Waals surface area contributed by atoms with Crippen molar-refractivity contribution in [1.29, 1.82) is 0 Å². The Morgan fingerprint density at radius 3 is 2.31 bits per heavy atom. The van der Waals surface area contributed by atoms with Gasteiger partial charge in [-0.25, -0.2) is 0 Å². The van der Waals surface area contributed by atoms with Crippen molar-refractivity contribution in [2.45, 2.75) is 39.7 Å². The molecule has 72 valence electrons. The summed E-state index contributed by atoms with van der Waals surface area (Å²) in [4.78, 5) is 0. The topological polar surface area (TPSA) is 20.2 Å². The molecule has 1 aromatic carbocycles. The van der Waals surface area contributed by atoms with E-state index in [1.165, 1.54) is 11.1 Å². The van der Waals surface area contributed by atoms with Gasteiger partial charge in [0.15, 0.2) is 0 Å². The van der Waals surface area contributed by atoms with Crippen molar-refractivity contribution >= 4 is 0 Å². The van der Waals surface area contributed by atoms with Crippen LogP contribution in [0.2, 0.25) is 0 Å². The van der Waals surface area contributed by atoms with E-state index in [9.17, 15) is 5.11 Å². The van der Waals surface area contributed by atoms with Crippen LogP contribution in [0.5, 0.6) is 0 Å². The van der Waals surface area contributed by atoms with Gasteiger partial charge in [0.25, 0.3) is 0 Å². The normalized spacial score (nSPS) is 11.8. The third-order valence-electron chi connectivity index (χ3n) is 2.24. The number of hydrogen-bond donors (Lipinski definition) is 1. The minimum atomic E-state index is 0.115. The molecule has 0 saturated heterocycles. The summed E-state index contributed by atoms with van der Waals surface area (Å²) in [5, 5.41) is 9.17. The summed E-state index contributed by atoms with van der Waals surface area (Å²) in [5.74, 6) is 0. The summed E-state index contributed by atoms with van der Waals surface area (Å²) in [6, 6.07) is 6.21. The van der Waals surface area contributed by atoms with Crippen LogP contribution in [-0.2, 0) is 12.0 Å². The minimum absolute atomic E-state index is 0.115. The van der Waals surface area contributed by atoms with Crippen LogP contribution in [0.1, 0.15) is 37.5 Å². The predicted octanol–water partition coefficient (Wildman–Crippen LogP) is 2.78. The molecule has 1 heteroatoms. The Morgan fingerprint density at radius 2 is 1.85 bits per heavy atom. The maximum Gasteiger partial charge on any atom is 0.0684 e. The summed E-state index contributed by atoms with van der Waals surface area (Å²) >= 11 is 0. The zero-order chi connectivity index (χ0) is 10.1. The average Bonchev–Trinajstić information content (AvgIpc) is 2.03. The van der Waals surface area contributed by atoms with Crippen molar-refractivity contribution in [3.63, 3.8) is 0 Å². The first-order valence-corrected chi connectivity index (χ1v) is 4.66. The van der Waals surface area contributed by atoms with Gasteiger partial charge in [0, 0.05) is 0 Å². The molecule has 0 heterocycles. The molecule has 0 unspecified atom stereocenters. The van der Waals surface area contributed by atoms with Crippen molar-refractivity contribution < 1.29 is 5.11 Å². The Labute approximate surface area is 80.4 Å². The van der Waals surface area contributed by atoms with Crippen LogP contribution in [-0.4, -0.2) is 5.11 Å². The van der Waals surface area contributed by atoms with Crippen LogP contribution in [0.15, 0.2) is 18.2 Å². The molecule has 0 aromatic heterocycles. The fraction of sp³-hybridized carbons (Fsp3) is 0.500. The maximum absolute atomic E-state index is 9.17. The van der Waals surface area contributed by atoms with Crippen molar-refractivity contribution in [2.75, 3.05) is 0 Å². The molecule has 13 heavy (non-hydrogen) atoms. The fourth-order valence-electron chi connectivity index (χ4n) is 1.53. The molecule has 1 rings (SSSR count). The quantitative estimate of drug-likeness (QED) is 0.701. The van der Waals surface area contributed by atoms with Gasteiger partial charge in [-0.3, -0.25) is 0 Å². The second kappa shape index (κ2) is 3.51. The highest BCUT2D eigenvalue weighted by Crippen LogP contribution is 2.26. The summed E-state index contributed by atoms with van der Waals surface area (Å²) in [5.41, 5.74) is 3.65. The second-order valence-electron chi connectivity index (χ2n) is 4.57. The molecule has 0 radical (unpaired) electrons. The van der Waals surface area contributed by atoms with Crippen molar-refractivity contribution in [2.24, 2.45) is 0 Å². The van der Waals surface area contributed by atoms with E-state index in [1.807, 2.05) is 12.1 Å². The van der Waals surface area contributed by atoms with E-state index in [-0.39, 0.29) is 12.0 Å². The first kappa shape index (κ1) is 10.3. The Hall–Kier alpha value is -0.820. The van der Waals surface area contributed by atoms with Crippen molar-refractivity contribution in [3.8, 4) is 0 Å².